The van der Waals surface area contributed by atoms with Crippen molar-refractivity contribution in [3.05, 3.63) is 59.9 Å². The molecule has 1 aliphatic carbocycles. The van der Waals surface area contributed by atoms with Gasteiger partial charge in [-0.05, 0) is 55.0 Å². The molecule has 0 unspecified atom stereocenters. The molecule has 0 radical (unpaired) electrons. The van der Waals surface area contributed by atoms with Crippen molar-refractivity contribution in [2.45, 2.75) is 44.9 Å². The third-order valence-electron chi connectivity index (χ3n) is 5.87. The van der Waals surface area contributed by atoms with Crippen molar-refractivity contribution in [3.63, 3.8) is 0 Å². The molecule has 0 N–H and O–H groups in total. The van der Waals surface area contributed by atoms with E-state index in [-0.39, 0.29) is 0 Å². The zero-order chi connectivity index (χ0) is 19.7. The Balaban J connectivity index is 1.39. The van der Waals surface area contributed by atoms with Crippen molar-refractivity contribution in [2.75, 3.05) is 39.4 Å². The van der Waals surface area contributed by atoms with Gasteiger partial charge in [0.2, 0.25) is 0 Å². The van der Waals surface area contributed by atoms with Crippen molar-refractivity contribution in [2.24, 2.45) is 0 Å². The lowest BCUT2D eigenvalue weighted by molar-refractivity contribution is 0.0325. The van der Waals surface area contributed by atoms with Gasteiger partial charge in [0.05, 0.1) is 19.3 Å². The normalized spacial score (nSPS) is 18.4. The molecule has 2 heterocycles. The zero-order valence-electron chi connectivity index (χ0n) is 17.3. The molecular weight excluding hydrogens is 362 g/mol. The second-order valence-corrected chi connectivity index (χ2v) is 8.20. The minimum Gasteiger partial charge on any atom is -0.490 e. The van der Waals surface area contributed by atoms with Crippen molar-refractivity contribution in [1.29, 1.82) is 0 Å². The number of morpholine rings is 1. The quantitative estimate of drug-likeness (QED) is 0.647. The summed E-state index contributed by atoms with van der Waals surface area (Å²) < 4.78 is 11.7. The fraction of sp³-hybridized carbons (Fsp3) is 0.542. The average Bonchev–Trinajstić information content (AvgIpc) is 3.27. The highest BCUT2D eigenvalue weighted by molar-refractivity contribution is 5.29. The molecule has 156 valence electrons. The van der Waals surface area contributed by atoms with Crippen LogP contribution in [0.15, 0.2) is 48.8 Å². The Labute approximate surface area is 174 Å². The van der Waals surface area contributed by atoms with Gasteiger partial charge in [0.25, 0.3) is 0 Å². The molecule has 0 amide bonds. The van der Waals surface area contributed by atoms with Crippen molar-refractivity contribution in [3.8, 4) is 5.75 Å². The van der Waals surface area contributed by atoms with E-state index in [1.165, 1.54) is 36.8 Å². The Hall–Kier alpha value is -1.95. The fourth-order valence-electron chi connectivity index (χ4n) is 4.25. The van der Waals surface area contributed by atoms with E-state index in [0.717, 1.165) is 58.2 Å². The number of hydrogen-bond donors (Lipinski definition) is 0. The van der Waals surface area contributed by atoms with Crippen LogP contribution in [0.3, 0.4) is 0 Å². The summed E-state index contributed by atoms with van der Waals surface area (Å²) in [6.07, 6.45) is 9.19. The standard InChI is InChI=1S/C24H33N3O2/c1-2-8-23(7-1)29-24-9-3-5-21(17-24)19-27(20-22-6-4-10-25-18-22)12-11-26-13-15-28-16-14-26/h3-6,9-10,17-18,23H,1-2,7-8,11-16,19-20H2. The zero-order valence-corrected chi connectivity index (χ0v) is 17.3. The van der Waals surface area contributed by atoms with Crippen LogP contribution in [0, 0.1) is 0 Å². The van der Waals surface area contributed by atoms with E-state index in [9.17, 15) is 0 Å². The predicted molar refractivity (Wildman–Crippen MR) is 115 cm³/mol. The van der Waals surface area contributed by atoms with Gasteiger partial charge in [-0.1, -0.05) is 18.2 Å². The van der Waals surface area contributed by atoms with Gasteiger partial charge in [-0.25, -0.2) is 0 Å². The van der Waals surface area contributed by atoms with Crippen LogP contribution < -0.4 is 4.74 Å². The maximum atomic E-state index is 6.22. The highest BCUT2D eigenvalue weighted by Crippen LogP contribution is 2.25. The van der Waals surface area contributed by atoms with Gasteiger partial charge >= 0.3 is 0 Å². The number of nitrogens with zero attached hydrogens (tertiary/aromatic N) is 3. The van der Waals surface area contributed by atoms with Crippen LogP contribution in [0.5, 0.6) is 5.75 Å². The number of rotatable bonds is 9. The number of benzene rings is 1. The Morgan fingerprint density at radius 1 is 1.03 bits per heavy atom. The van der Waals surface area contributed by atoms with Crippen LogP contribution in [0.25, 0.3) is 0 Å². The summed E-state index contributed by atoms with van der Waals surface area (Å²) in [6.45, 7) is 7.70. The first kappa shape index (κ1) is 20.3. The van der Waals surface area contributed by atoms with Crippen LogP contribution in [-0.4, -0.2) is 60.3 Å². The van der Waals surface area contributed by atoms with E-state index >= 15 is 0 Å². The molecule has 1 saturated carbocycles. The van der Waals surface area contributed by atoms with Gasteiger partial charge in [-0.15, -0.1) is 0 Å². The molecule has 2 fully saturated rings. The van der Waals surface area contributed by atoms with Gasteiger partial charge in [-0.2, -0.15) is 0 Å². The Kier molecular flexibility index (Phi) is 7.51. The molecule has 0 spiro atoms. The van der Waals surface area contributed by atoms with E-state index in [2.05, 4.69) is 45.1 Å². The third-order valence-corrected chi connectivity index (χ3v) is 5.87. The maximum absolute atomic E-state index is 6.22. The molecule has 0 atom stereocenters. The molecular formula is C24H33N3O2. The minimum absolute atomic E-state index is 0.401. The Morgan fingerprint density at radius 3 is 2.62 bits per heavy atom. The molecule has 1 aromatic heterocycles. The van der Waals surface area contributed by atoms with Gasteiger partial charge < -0.3 is 9.47 Å². The van der Waals surface area contributed by atoms with E-state index in [1.54, 1.807) is 0 Å². The number of ether oxygens (including phenoxy) is 2. The van der Waals surface area contributed by atoms with Gasteiger partial charge in [0.15, 0.2) is 0 Å². The predicted octanol–water partition coefficient (Wildman–Crippen LogP) is 3.74. The second-order valence-electron chi connectivity index (χ2n) is 8.20. The van der Waals surface area contributed by atoms with Crippen molar-refractivity contribution < 1.29 is 9.47 Å². The number of hydrogen-bond acceptors (Lipinski definition) is 5. The summed E-state index contributed by atoms with van der Waals surface area (Å²) >= 11 is 0. The first-order chi connectivity index (χ1) is 14.3. The summed E-state index contributed by atoms with van der Waals surface area (Å²) in [4.78, 5) is 9.31. The molecule has 2 aliphatic rings. The molecule has 29 heavy (non-hydrogen) atoms. The summed E-state index contributed by atoms with van der Waals surface area (Å²) in [6, 6.07) is 12.8. The van der Waals surface area contributed by atoms with Crippen molar-refractivity contribution in [1.82, 2.24) is 14.8 Å². The lowest BCUT2D eigenvalue weighted by Gasteiger charge is -2.30. The molecule has 1 saturated heterocycles. The SMILES string of the molecule is c1cncc(CN(CCN2CCOCC2)Cc2cccc(OC3CCCC3)c2)c1. The third kappa shape index (κ3) is 6.53. The summed E-state index contributed by atoms with van der Waals surface area (Å²) in [5, 5.41) is 0. The van der Waals surface area contributed by atoms with Gasteiger partial charge in [0, 0.05) is 51.7 Å². The van der Waals surface area contributed by atoms with E-state index in [1.807, 2.05) is 18.5 Å². The highest BCUT2D eigenvalue weighted by atomic mass is 16.5. The lowest BCUT2D eigenvalue weighted by Crippen LogP contribution is -2.41. The first-order valence-electron chi connectivity index (χ1n) is 11.0. The molecule has 1 aromatic carbocycles. The molecule has 5 nitrogen and oxygen atoms in total. The topological polar surface area (TPSA) is 37.8 Å². The molecule has 4 rings (SSSR count). The molecule has 2 aromatic rings. The average molecular weight is 396 g/mol. The summed E-state index contributed by atoms with van der Waals surface area (Å²) in [5.74, 6) is 1.02. The van der Waals surface area contributed by atoms with Gasteiger partial charge in [-0.3, -0.25) is 14.8 Å². The highest BCUT2D eigenvalue weighted by Gasteiger charge is 2.17. The minimum atomic E-state index is 0.401. The van der Waals surface area contributed by atoms with Crippen LogP contribution in [0.4, 0.5) is 0 Å². The first-order valence-corrected chi connectivity index (χ1v) is 11.0. The monoisotopic (exact) mass is 395 g/mol. The van der Waals surface area contributed by atoms with E-state index in [0.29, 0.717) is 6.10 Å². The fourth-order valence-corrected chi connectivity index (χ4v) is 4.25. The lowest BCUT2D eigenvalue weighted by atomic mass is 10.1. The van der Waals surface area contributed by atoms with Crippen LogP contribution in [-0.2, 0) is 17.8 Å². The second kappa shape index (κ2) is 10.7. The number of pyridine rings is 1. The Morgan fingerprint density at radius 2 is 1.83 bits per heavy atom. The van der Waals surface area contributed by atoms with Gasteiger partial charge in [0.1, 0.15) is 5.75 Å². The van der Waals surface area contributed by atoms with E-state index in [4.69, 9.17) is 9.47 Å². The van der Waals surface area contributed by atoms with E-state index < -0.39 is 0 Å². The smallest absolute Gasteiger partial charge is 0.120 e. The van der Waals surface area contributed by atoms with Crippen LogP contribution in [0.1, 0.15) is 36.8 Å². The Bertz CT molecular complexity index is 728. The van der Waals surface area contributed by atoms with Crippen molar-refractivity contribution >= 4 is 0 Å². The molecule has 5 heteroatoms. The number of aromatic nitrogens is 1. The molecule has 1 aliphatic heterocycles. The molecule has 0 bridgehead atoms. The maximum Gasteiger partial charge on any atom is 0.120 e. The van der Waals surface area contributed by atoms with Crippen LogP contribution in [0.2, 0.25) is 0 Å². The summed E-state index contributed by atoms with van der Waals surface area (Å²) in [5.41, 5.74) is 2.57. The van der Waals surface area contributed by atoms with Crippen LogP contribution >= 0.6 is 0 Å². The summed E-state index contributed by atoms with van der Waals surface area (Å²) in [7, 11) is 0. The largest absolute Gasteiger partial charge is 0.490 e.